The first kappa shape index (κ1) is 19.1. The molecule has 7 heteroatoms. The number of fused-ring (bicyclic) bond motifs is 1. The zero-order valence-corrected chi connectivity index (χ0v) is 16.5. The van der Waals surface area contributed by atoms with Gasteiger partial charge in [-0.1, -0.05) is 35.6 Å². The molecule has 3 amide bonds. The topological polar surface area (TPSA) is 61.9 Å². The molecule has 148 valence electrons. The average molecular weight is 402 g/mol. The van der Waals surface area contributed by atoms with Crippen LogP contribution in [0.25, 0.3) is 0 Å². The fraction of sp³-hybridized carbons (Fsp3) is 0.524. The molecular formula is C21H24ClN3O3. The van der Waals surface area contributed by atoms with Crippen LogP contribution in [-0.2, 0) is 9.53 Å². The maximum absolute atomic E-state index is 12.9. The van der Waals surface area contributed by atoms with Crippen LogP contribution >= 0.6 is 11.6 Å². The van der Waals surface area contributed by atoms with E-state index in [0.29, 0.717) is 31.2 Å². The van der Waals surface area contributed by atoms with E-state index >= 15 is 0 Å². The molecule has 3 aliphatic heterocycles. The number of piperidine rings is 2. The summed E-state index contributed by atoms with van der Waals surface area (Å²) in [6.45, 7) is 2.71. The Kier molecular flexibility index (Phi) is 5.74. The number of nitrogens with zero attached hydrogens (tertiary/aromatic N) is 2. The van der Waals surface area contributed by atoms with Crippen molar-refractivity contribution in [3.8, 4) is 11.8 Å². The highest BCUT2D eigenvalue weighted by Gasteiger charge is 2.37. The molecule has 2 atom stereocenters. The van der Waals surface area contributed by atoms with Crippen molar-refractivity contribution in [1.82, 2.24) is 15.1 Å². The van der Waals surface area contributed by atoms with Gasteiger partial charge in [0.15, 0.2) is 0 Å². The van der Waals surface area contributed by atoms with Crippen LogP contribution < -0.4 is 5.32 Å². The lowest BCUT2D eigenvalue weighted by Gasteiger charge is -2.43. The minimum Gasteiger partial charge on any atom is -0.366 e. The summed E-state index contributed by atoms with van der Waals surface area (Å²) in [5.74, 6) is 6.66. The summed E-state index contributed by atoms with van der Waals surface area (Å²) in [6, 6.07) is 7.54. The summed E-state index contributed by atoms with van der Waals surface area (Å²) >= 11 is 6.15. The molecule has 6 nitrogen and oxygen atoms in total. The van der Waals surface area contributed by atoms with Gasteiger partial charge < -0.3 is 19.9 Å². The van der Waals surface area contributed by atoms with Crippen LogP contribution in [0.15, 0.2) is 24.3 Å². The lowest BCUT2D eigenvalue weighted by atomic mass is 9.97. The van der Waals surface area contributed by atoms with Crippen molar-refractivity contribution in [2.24, 2.45) is 5.92 Å². The van der Waals surface area contributed by atoms with Crippen molar-refractivity contribution in [1.29, 1.82) is 0 Å². The van der Waals surface area contributed by atoms with Crippen molar-refractivity contribution < 1.29 is 14.3 Å². The van der Waals surface area contributed by atoms with Gasteiger partial charge in [0, 0.05) is 37.7 Å². The third-order valence-corrected chi connectivity index (χ3v) is 5.97. The molecule has 0 aliphatic carbocycles. The highest BCUT2D eigenvalue weighted by atomic mass is 35.5. The number of amides is 3. The number of halogens is 1. The standard InChI is InChI=1S/C21H24ClN3O3/c22-17-4-2-1-3-16(17)6-5-15-7-10-24(11-8-15)21(27)25-12-9-19-18(13-25)23-20(26)14-28-19/h1-4,15,18-19H,7-14H2,(H,23,26)/t18-,19+/m1/s1. The molecule has 0 spiro atoms. The molecule has 3 saturated heterocycles. The average Bonchev–Trinajstić information content (AvgIpc) is 2.72. The molecule has 1 N–H and O–H groups in total. The van der Waals surface area contributed by atoms with E-state index in [9.17, 15) is 9.59 Å². The largest absolute Gasteiger partial charge is 0.366 e. The quantitative estimate of drug-likeness (QED) is 0.677. The van der Waals surface area contributed by atoms with E-state index in [1.54, 1.807) is 0 Å². The van der Waals surface area contributed by atoms with Gasteiger partial charge >= 0.3 is 6.03 Å². The number of ether oxygens (including phenoxy) is 1. The highest BCUT2D eigenvalue weighted by molar-refractivity contribution is 6.31. The van der Waals surface area contributed by atoms with E-state index in [1.807, 2.05) is 34.1 Å². The molecule has 0 bridgehead atoms. The fourth-order valence-corrected chi connectivity index (χ4v) is 4.21. The monoisotopic (exact) mass is 401 g/mol. The number of urea groups is 1. The van der Waals surface area contributed by atoms with Crippen molar-refractivity contribution in [3.05, 3.63) is 34.9 Å². The first-order chi connectivity index (χ1) is 13.6. The number of hydrogen-bond acceptors (Lipinski definition) is 3. The number of carbonyl (C=O) groups is 2. The number of carbonyl (C=O) groups excluding carboxylic acids is 2. The van der Waals surface area contributed by atoms with Gasteiger partial charge in [0.05, 0.1) is 17.2 Å². The van der Waals surface area contributed by atoms with Crippen LogP contribution in [0.2, 0.25) is 5.02 Å². The lowest BCUT2D eigenvalue weighted by Crippen LogP contribution is -2.62. The Balaban J connectivity index is 1.30. The van der Waals surface area contributed by atoms with Crippen molar-refractivity contribution in [2.45, 2.75) is 31.4 Å². The predicted octanol–water partition coefficient (Wildman–Crippen LogP) is 2.11. The van der Waals surface area contributed by atoms with Gasteiger partial charge in [-0.2, -0.15) is 0 Å². The summed E-state index contributed by atoms with van der Waals surface area (Å²) in [4.78, 5) is 28.2. The van der Waals surface area contributed by atoms with E-state index < -0.39 is 0 Å². The summed E-state index contributed by atoms with van der Waals surface area (Å²) in [7, 11) is 0. The predicted molar refractivity (Wildman–Crippen MR) is 106 cm³/mol. The Morgan fingerprint density at radius 1 is 1.14 bits per heavy atom. The van der Waals surface area contributed by atoms with Gasteiger partial charge in [0.1, 0.15) is 6.61 Å². The zero-order valence-electron chi connectivity index (χ0n) is 15.7. The van der Waals surface area contributed by atoms with E-state index in [2.05, 4.69) is 17.2 Å². The molecule has 1 aromatic carbocycles. The van der Waals surface area contributed by atoms with E-state index in [4.69, 9.17) is 16.3 Å². The second-order valence-corrected chi connectivity index (χ2v) is 7.96. The Labute approximate surface area is 170 Å². The molecule has 28 heavy (non-hydrogen) atoms. The molecule has 3 aliphatic rings. The van der Waals surface area contributed by atoms with Crippen molar-refractivity contribution in [3.63, 3.8) is 0 Å². The van der Waals surface area contributed by atoms with E-state index in [1.165, 1.54) is 0 Å². The zero-order chi connectivity index (χ0) is 19.5. The van der Waals surface area contributed by atoms with Crippen LogP contribution in [0.4, 0.5) is 4.79 Å². The first-order valence-corrected chi connectivity index (χ1v) is 10.2. The van der Waals surface area contributed by atoms with Gasteiger partial charge in [-0.05, 0) is 31.4 Å². The Bertz CT molecular complexity index is 811. The Hall–Kier alpha value is -2.23. The minimum atomic E-state index is -0.103. The third kappa shape index (κ3) is 4.26. The summed E-state index contributed by atoms with van der Waals surface area (Å²) in [6.07, 6.45) is 2.51. The molecule has 1 aromatic rings. The molecule has 0 aromatic heterocycles. The molecule has 4 rings (SSSR count). The summed E-state index contributed by atoms with van der Waals surface area (Å²) in [5.41, 5.74) is 0.849. The molecule has 0 saturated carbocycles. The normalized spacial score (nSPS) is 25.4. The SMILES string of the molecule is O=C1CO[C@H]2CCN(C(=O)N3CCC(C#Cc4ccccc4Cl)CC3)C[C@H]2N1. The third-order valence-electron chi connectivity index (χ3n) is 5.65. The molecule has 3 heterocycles. The number of nitrogens with one attached hydrogen (secondary N) is 1. The van der Waals surface area contributed by atoms with E-state index in [-0.39, 0.29) is 36.6 Å². The van der Waals surface area contributed by atoms with Crippen molar-refractivity contribution in [2.75, 3.05) is 32.8 Å². The molecule has 0 unspecified atom stereocenters. The Morgan fingerprint density at radius 3 is 2.68 bits per heavy atom. The second kappa shape index (κ2) is 8.42. The number of hydrogen-bond donors (Lipinski definition) is 1. The lowest BCUT2D eigenvalue weighted by molar-refractivity contribution is -0.139. The molecule has 3 fully saturated rings. The van der Waals surface area contributed by atoms with Gasteiger partial charge in [0.2, 0.25) is 5.91 Å². The van der Waals surface area contributed by atoms with Crippen LogP contribution in [0.3, 0.4) is 0 Å². The maximum atomic E-state index is 12.9. The van der Waals surface area contributed by atoms with Crippen LogP contribution in [0, 0.1) is 17.8 Å². The van der Waals surface area contributed by atoms with Crippen molar-refractivity contribution >= 4 is 23.5 Å². The van der Waals surface area contributed by atoms with E-state index in [0.717, 1.165) is 24.8 Å². The van der Waals surface area contributed by atoms with Crippen LogP contribution in [0.5, 0.6) is 0 Å². The number of likely N-dealkylation sites (tertiary alicyclic amines) is 2. The molecule has 0 radical (unpaired) electrons. The smallest absolute Gasteiger partial charge is 0.320 e. The number of morpholine rings is 1. The van der Waals surface area contributed by atoms with Gasteiger partial charge in [0.25, 0.3) is 0 Å². The summed E-state index contributed by atoms with van der Waals surface area (Å²) < 4.78 is 5.57. The first-order valence-electron chi connectivity index (χ1n) is 9.81. The highest BCUT2D eigenvalue weighted by Crippen LogP contribution is 2.22. The summed E-state index contributed by atoms with van der Waals surface area (Å²) in [5, 5.41) is 3.62. The van der Waals surface area contributed by atoms with Crippen LogP contribution in [0.1, 0.15) is 24.8 Å². The second-order valence-electron chi connectivity index (χ2n) is 7.55. The van der Waals surface area contributed by atoms with Gasteiger partial charge in [-0.15, -0.1) is 0 Å². The molecular weight excluding hydrogens is 378 g/mol. The number of rotatable bonds is 0. The van der Waals surface area contributed by atoms with Crippen LogP contribution in [-0.4, -0.2) is 66.7 Å². The minimum absolute atomic E-state index is 0.0209. The Morgan fingerprint density at radius 2 is 1.89 bits per heavy atom. The number of benzene rings is 1. The van der Waals surface area contributed by atoms with Gasteiger partial charge in [-0.25, -0.2) is 4.79 Å². The maximum Gasteiger partial charge on any atom is 0.320 e. The fourth-order valence-electron chi connectivity index (χ4n) is 4.03. The van der Waals surface area contributed by atoms with Gasteiger partial charge in [-0.3, -0.25) is 4.79 Å².